The van der Waals surface area contributed by atoms with E-state index in [2.05, 4.69) is 31.6 Å². The zero-order valence-corrected chi connectivity index (χ0v) is 10.9. The van der Waals surface area contributed by atoms with E-state index in [0.29, 0.717) is 0 Å². The van der Waals surface area contributed by atoms with E-state index in [1.165, 1.54) is 0 Å². The predicted octanol–water partition coefficient (Wildman–Crippen LogP) is 1.79. The molecule has 86 valence electrons. The van der Waals surface area contributed by atoms with Gasteiger partial charge in [-0.1, -0.05) is 5.21 Å². The van der Waals surface area contributed by atoms with Gasteiger partial charge >= 0.3 is 0 Å². The third-order valence-corrected chi connectivity index (χ3v) is 3.04. The van der Waals surface area contributed by atoms with Crippen molar-refractivity contribution >= 4 is 15.9 Å². The molecule has 0 spiro atoms. The Hall–Kier alpha value is -1.14. The van der Waals surface area contributed by atoms with E-state index in [9.17, 15) is 0 Å². The minimum absolute atomic E-state index is 0.0202. The molecule has 1 N–H and O–H groups in total. The molecule has 1 atom stereocenters. The number of nitrogens with one attached hydrogen (secondary N) is 1. The van der Waals surface area contributed by atoms with Gasteiger partial charge in [-0.05, 0) is 36.0 Å². The average molecular weight is 285 g/mol. The third kappa shape index (κ3) is 1.90. The number of nitrogens with zero attached hydrogens (tertiary/aromatic N) is 3. The summed E-state index contributed by atoms with van der Waals surface area (Å²) < 4.78 is 7.81. The molecule has 0 aliphatic carbocycles. The van der Waals surface area contributed by atoms with Gasteiger partial charge in [-0.2, -0.15) is 0 Å². The first kappa shape index (κ1) is 11.3. The van der Waals surface area contributed by atoms with Crippen LogP contribution in [-0.2, 0) is 7.05 Å². The summed E-state index contributed by atoms with van der Waals surface area (Å²) in [5.74, 6) is 0.890. The fourth-order valence-corrected chi connectivity index (χ4v) is 2.28. The molecule has 0 radical (unpaired) electrons. The van der Waals surface area contributed by atoms with E-state index in [-0.39, 0.29) is 6.04 Å². The fourth-order valence-electron chi connectivity index (χ4n) is 1.72. The van der Waals surface area contributed by atoms with Crippen molar-refractivity contribution in [3.05, 3.63) is 34.0 Å². The second-order valence-electron chi connectivity index (χ2n) is 3.60. The van der Waals surface area contributed by atoms with Gasteiger partial charge in [0.15, 0.2) is 4.60 Å². The van der Waals surface area contributed by atoms with E-state index >= 15 is 0 Å². The van der Waals surface area contributed by atoms with E-state index in [1.54, 1.807) is 10.9 Å². The normalized spacial score (nSPS) is 13.0. The summed E-state index contributed by atoms with van der Waals surface area (Å²) in [4.78, 5) is 0. The molecule has 0 amide bonds. The molecule has 2 rings (SSSR count). The summed E-state index contributed by atoms with van der Waals surface area (Å²) in [5, 5.41) is 11.2. The van der Waals surface area contributed by atoms with Gasteiger partial charge in [0.05, 0.1) is 18.0 Å². The predicted molar refractivity (Wildman–Crippen MR) is 63.1 cm³/mol. The molecule has 0 fully saturated rings. The van der Waals surface area contributed by atoms with Crippen LogP contribution < -0.4 is 5.32 Å². The SMILES string of the molecule is CNC(c1coc(C)c1)c1c(Br)nnn1C. The Bertz CT molecular complexity index is 471. The lowest BCUT2D eigenvalue weighted by Crippen LogP contribution is -2.20. The second kappa shape index (κ2) is 4.39. The third-order valence-electron chi connectivity index (χ3n) is 2.47. The highest BCUT2D eigenvalue weighted by molar-refractivity contribution is 9.10. The average Bonchev–Trinajstić information content (AvgIpc) is 2.80. The molecule has 1 unspecified atom stereocenters. The van der Waals surface area contributed by atoms with Gasteiger partial charge in [0.25, 0.3) is 0 Å². The zero-order chi connectivity index (χ0) is 11.7. The van der Waals surface area contributed by atoms with Crippen LogP contribution in [0.2, 0.25) is 0 Å². The zero-order valence-electron chi connectivity index (χ0n) is 9.36. The van der Waals surface area contributed by atoms with E-state index in [0.717, 1.165) is 21.6 Å². The van der Waals surface area contributed by atoms with Crippen LogP contribution >= 0.6 is 15.9 Å². The number of hydrogen-bond donors (Lipinski definition) is 1. The van der Waals surface area contributed by atoms with Gasteiger partial charge < -0.3 is 9.73 Å². The number of furan rings is 1. The molecule has 2 aromatic rings. The minimum atomic E-state index is 0.0202. The highest BCUT2D eigenvalue weighted by Crippen LogP contribution is 2.27. The van der Waals surface area contributed by atoms with E-state index in [4.69, 9.17) is 4.42 Å². The van der Waals surface area contributed by atoms with Crippen LogP contribution in [0.4, 0.5) is 0 Å². The van der Waals surface area contributed by atoms with Gasteiger partial charge in [0.2, 0.25) is 0 Å². The molecule has 2 aromatic heterocycles. The largest absolute Gasteiger partial charge is 0.469 e. The van der Waals surface area contributed by atoms with E-state index < -0.39 is 0 Å². The van der Waals surface area contributed by atoms with Crippen molar-refractivity contribution < 1.29 is 4.42 Å². The van der Waals surface area contributed by atoms with Crippen molar-refractivity contribution in [3.8, 4) is 0 Å². The summed E-state index contributed by atoms with van der Waals surface area (Å²) in [7, 11) is 3.76. The molecule has 16 heavy (non-hydrogen) atoms. The number of hydrogen-bond acceptors (Lipinski definition) is 4. The molecular formula is C10H13BrN4O. The van der Waals surface area contributed by atoms with Gasteiger partial charge in [-0.3, -0.25) is 0 Å². The Balaban J connectivity index is 2.44. The van der Waals surface area contributed by atoms with Gasteiger partial charge in [0.1, 0.15) is 5.76 Å². The van der Waals surface area contributed by atoms with Crippen LogP contribution in [0.1, 0.15) is 23.1 Å². The fraction of sp³-hybridized carbons (Fsp3) is 0.400. The summed E-state index contributed by atoms with van der Waals surface area (Å²) in [6.07, 6.45) is 1.75. The second-order valence-corrected chi connectivity index (χ2v) is 4.35. The Morgan fingerprint density at radius 3 is 2.75 bits per heavy atom. The molecule has 0 bridgehead atoms. The lowest BCUT2D eigenvalue weighted by Gasteiger charge is -2.14. The lowest BCUT2D eigenvalue weighted by atomic mass is 10.1. The lowest BCUT2D eigenvalue weighted by molar-refractivity contribution is 0.524. The van der Waals surface area contributed by atoms with Crippen molar-refractivity contribution in [2.75, 3.05) is 7.05 Å². The maximum Gasteiger partial charge on any atom is 0.153 e. The molecule has 2 heterocycles. The molecule has 0 aromatic carbocycles. The standard InChI is InChI=1S/C10H13BrN4O/c1-6-4-7(5-16-6)8(12-2)9-10(11)13-14-15(9)3/h4-5,8,12H,1-3H3. The first-order valence-electron chi connectivity index (χ1n) is 4.91. The molecular weight excluding hydrogens is 272 g/mol. The number of halogens is 1. The van der Waals surface area contributed by atoms with Crippen LogP contribution in [0.25, 0.3) is 0 Å². The summed E-state index contributed by atoms with van der Waals surface area (Å²) in [5.41, 5.74) is 2.04. The quantitative estimate of drug-likeness (QED) is 0.934. The minimum Gasteiger partial charge on any atom is -0.469 e. The molecule has 0 aliphatic heterocycles. The number of aromatic nitrogens is 3. The Morgan fingerprint density at radius 1 is 1.56 bits per heavy atom. The first-order valence-corrected chi connectivity index (χ1v) is 5.70. The molecule has 0 saturated heterocycles. The topological polar surface area (TPSA) is 55.9 Å². The number of aryl methyl sites for hydroxylation is 2. The van der Waals surface area contributed by atoms with Crippen molar-refractivity contribution in [1.82, 2.24) is 20.3 Å². The van der Waals surface area contributed by atoms with Gasteiger partial charge in [-0.15, -0.1) is 5.10 Å². The number of rotatable bonds is 3. The molecule has 0 aliphatic rings. The first-order chi connectivity index (χ1) is 7.63. The van der Waals surface area contributed by atoms with Gasteiger partial charge in [0, 0.05) is 12.6 Å². The van der Waals surface area contributed by atoms with Crippen LogP contribution in [0.5, 0.6) is 0 Å². The van der Waals surface area contributed by atoms with Crippen LogP contribution in [0.15, 0.2) is 21.3 Å². The maximum atomic E-state index is 5.32. The molecule has 0 saturated carbocycles. The van der Waals surface area contributed by atoms with Gasteiger partial charge in [-0.25, -0.2) is 4.68 Å². The monoisotopic (exact) mass is 284 g/mol. The van der Waals surface area contributed by atoms with Crippen LogP contribution in [0.3, 0.4) is 0 Å². The highest BCUT2D eigenvalue weighted by Gasteiger charge is 2.21. The Morgan fingerprint density at radius 2 is 2.31 bits per heavy atom. The Labute approximate surface area is 102 Å². The van der Waals surface area contributed by atoms with Crippen LogP contribution in [0, 0.1) is 6.92 Å². The molecule has 5 nitrogen and oxygen atoms in total. The summed E-state index contributed by atoms with van der Waals surface area (Å²) in [6.45, 7) is 1.92. The van der Waals surface area contributed by atoms with Crippen LogP contribution in [-0.4, -0.2) is 22.0 Å². The molecule has 6 heteroatoms. The van der Waals surface area contributed by atoms with Crippen molar-refractivity contribution in [1.29, 1.82) is 0 Å². The van der Waals surface area contributed by atoms with Crippen molar-refractivity contribution in [2.24, 2.45) is 7.05 Å². The smallest absolute Gasteiger partial charge is 0.153 e. The van der Waals surface area contributed by atoms with Crippen molar-refractivity contribution in [3.63, 3.8) is 0 Å². The van der Waals surface area contributed by atoms with E-state index in [1.807, 2.05) is 27.1 Å². The Kier molecular flexibility index (Phi) is 3.11. The maximum absolute atomic E-state index is 5.32. The summed E-state index contributed by atoms with van der Waals surface area (Å²) >= 11 is 3.40. The summed E-state index contributed by atoms with van der Waals surface area (Å²) in [6, 6.07) is 2.02. The highest BCUT2D eigenvalue weighted by atomic mass is 79.9. The van der Waals surface area contributed by atoms with Crippen molar-refractivity contribution in [2.45, 2.75) is 13.0 Å².